The van der Waals surface area contributed by atoms with Gasteiger partial charge < -0.3 is 19.9 Å². The Labute approximate surface area is 175 Å². The van der Waals surface area contributed by atoms with Crippen LogP contribution in [0.25, 0.3) is 0 Å². The molecular weight excluding hydrogens is 384 g/mol. The molecule has 1 atom stereocenters. The molecule has 0 bridgehead atoms. The molecule has 9 nitrogen and oxygen atoms in total. The maximum Gasteiger partial charge on any atom is 0.237 e. The average Bonchev–Trinajstić information content (AvgIpc) is 3.33. The predicted molar refractivity (Wildman–Crippen MR) is 110 cm³/mol. The number of piperazine rings is 1. The van der Waals surface area contributed by atoms with Crippen LogP contribution in [0.2, 0.25) is 0 Å². The van der Waals surface area contributed by atoms with Crippen LogP contribution in [0.1, 0.15) is 35.6 Å². The highest BCUT2D eigenvalue weighted by Gasteiger charge is 2.31. The van der Waals surface area contributed by atoms with Crippen LogP contribution >= 0.6 is 0 Å². The number of hydrogen-bond acceptors (Lipinski definition) is 6. The van der Waals surface area contributed by atoms with Crippen molar-refractivity contribution in [2.45, 2.75) is 51.9 Å². The SMILES string of the molecule is COc1ccc(CN2CCNC(=O)[C@H]2CC(=O)NCc2nnc3n2CCC3)cc1C. The van der Waals surface area contributed by atoms with Crippen molar-refractivity contribution in [2.24, 2.45) is 0 Å². The summed E-state index contributed by atoms with van der Waals surface area (Å²) in [6.45, 7) is 5.11. The second kappa shape index (κ2) is 8.83. The van der Waals surface area contributed by atoms with Gasteiger partial charge in [0.1, 0.15) is 11.6 Å². The smallest absolute Gasteiger partial charge is 0.237 e. The lowest BCUT2D eigenvalue weighted by molar-refractivity contribution is -0.134. The average molecular weight is 412 g/mol. The lowest BCUT2D eigenvalue weighted by atomic mass is 10.1. The number of benzene rings is 1. The fourth-order valence-electron chi connectivity index (χ4n) is 4.21. The van der Waals surface area contributed by atoms with E-state index in [4.69, 9.17) is 4.74 Å². The molecule has 0 unspecified atom stereocenters. The van der Waals surface area contributed by atoms with Crippen LogP contribution in [0.3, 0.4) is 0 Å². The number of nitrogens with zero attached hydrogens (tertiary/aromatic N) is 4. The van der Waals surface area contributed by atoms with Gasteiger partial charge in [-0.15, -0.1) is 10.2 Å². The van der Waals surface area contributed by atoms with Crippen molar-refractivity contribution in [2.75, 3.05) is 20.2 Å². The van der Waals surface area contributed by atoms with Crippen LogP contribution in [0.5, 0.6) is 5.75 Å². The summed E-state index contributed by atoms with van der Waals surface area (Å²) >= 11 is 0. The van der Waals surface area contributed by atoms with Crippen molar-refractivity contribution in [3.63, 3.8) is 0 Å². The zero-order valence-electron chi connectivity index (χ0n) is 17.5. The predicted octanol–water partition coefficient (Wildman–Crippen LogP) is 0.548. The van der Waals surface area contributed by atoms with Crippen molar-refractivity contribution in [3.8, 4) is 5.75 Å². The third-order valence-electron chi connectivity index (χ3n) is 5.80. The molecule has 4 rings (SSSR count). The van der Waals surface area contributed by atoms with Gasteiger partial charge in [-0.1, -0.05) is 12.1 Å². The first kappa shape index (κ1) is 20.3. The number of rotatable bonds is 7. The number of carbonyl (C=O) groups is 2. The second-order valence-electron chi connectivity index (χ2n) is 7.85. The normalized spacial score (nSPS) is 18.7. The molecule has 1 aromatic heterocycles. The third-order valence-corrected chi connectivity index (χ3v) is 5.80. The minimum absolute atomic E-state index is 0.106. The number of fused-ring (bicyclic) bond motifs is 1. The van der Waals surface area contributed by atoms with Crippen LogP contribution in [-0.2, 0) is 35.6 Å². The largest absolute Gasteiger partial charge is 0.496 e. The summed E-state index contributed by atoms with van der Waals surface area (Å²) in [4.78, 5) is 27.2. The van der Waals surface area contributed by atoms with Crippen molar-refractivity contribution < 1.29 is 14.3 Å². The molecular formula is C21H28N6O3. The first-order chi connectivity index (χ1) is 14.5. The number of methoxy groups -OCH3 is 1. The lowest BCUT2D eigenvalue weighted by Crippen LogP contribution is -2.56. The number of ether oxygens (including phenoxy) is 1. The Kier molecular flexibility index (Phi) is 5.98. The minimum atomic E-state index is -0.495. The zero-order chi connectivity index (χ0) is 21.1. The van der Waals surface area contributed by atoms with Crippen molar-refractivity contribution in [1.29, 1.82) is 0 Å². The van der Waals surface area contributed by atoms with E-state index in [1.54, 1.807) is 7.11 Å². The van der Waals surface area contributed by atoms with E-state index in [0.717, 1.165) is 47.9 Å². The molecule has 1 saturated heterocycles. The van der Waals surface area contributed by atoms with Gasteiger partial charge in [-0.05, 0) is 30.5 Å². The third kappa shape index (κ3) is 4.30. The van der Waals surface area contributed by atoms with Crippen LogP contribution in [0.15, 0.2) is 18.2 Å². The molecule has 2 N–H and O–H groups in total. The molecule has 0 radical (unpaired) electrons. The van der Waals surface area contributed by atoms with E-state index < -0.39 is 6.04 Å². The highest BCUT2D eigenvalue weighted by atomic mass is 16.5. The van der Waals surface area contributed by atoms with Gasteiger partial charge in [-0.3, -0.25) is 14.5 Å². The number of amides is 2. The summed E-state index contributed by atoms with van der Waals surface area (Å²) in [7, 11) is 1.65. The Bertz CT molecular complexity index is 941. The van der Waals surface area contributed by atoms with Crippen molar-refractivity contribution >= 4 is 11.8 Å². The van der Waals surface area contributed by atoms with E-state index in [0.29, 0.717) is 26.2 Å². The monoisotopic (exact) mass is 412 g/mol. The fourth-order valence-corrected chi connectivity index (χ4v) is 4.21. The summed E-state index contributed by atoms with van der Waals surface area (Å²) in [5.74, 6) is 2.32. The van der Waals surface area contributed by atoms with Crippen LogP contribution in [0, 0.1) is 6.92 Å². The molecule has 2 aliphatic rings. The van der Waals surface area contributed by atoms with E-state index in [1.165, 1.54) is 0 Å². The molecule has 2 amide bonds. The molecule has 1 aromatic carbocycles. The molecule has 160 valence electrons. The van der Waals surface area contributed by atoms with E-state index in [-0.39, 0.29) is 18.2 Å². The van der Waals surface area contributed by atoms with Gasteiger partial charge in [0.25, 0.3) is 0 Å². The summed E-state index contributed by atoms with van der Waals surface area (Å²) in [6.07, 6.45) is 2.11. The van der Waals surface area contributed by atoms with E-state index in [2.05, 4.69) is 36.4 Å². The van der Waals surface area contributed by atoms with Crippen LogP contribution in [-0.4, -0.2) is 57.7 Å². The lowest BCUT2D eigenvalue weighted by Gasteiger charge is -2.34. The summed E-state index contributed by atoms with van der Waals surface area (Å²) in [6, 6.07) is 5.51. The summed E-state index contributed by atoms with van der Waals surface area (Å²) in [5.41, 5.74) is 2.14. The maximum atomic E-state index is 12.6. The van der Waals surface area contributed by atoms with Gasteiger partial charge >= 0.3 is 0 Å². The molecule has 3 heterocycles. The second-order valence-corrected chi connectivity index (χ2v) is 7.85. The standard InChI is InChI=1S/C21H28N6O3/c1-14-10-15(5-6-17(14)30-2)13-26-9-7-22-21(29)16(26)11-20(28)23-12-19-25-24-18-4-3-8-27(18)19/h5-6,10,16H,3-4,7-9,11-13H2,1-2H3,(H,22,29)(H,23,28)/t16-/m1/s1. The zero-order valence-corrected chi connectivity index (χ0v) is 17.5. The van der Waals surface area contributed by atoms with Gasteiger partial charge in [-0.25, -0.2) is 0 Å². The number of aromatic nitrogens is 3. The highest BCUT2D eigenvalue weighted by molar-refractivity contribution is 5.88. The fraction of sp³-hybridized carbons (Fsp3) is 0.524. The molecule has 0 spiro atoms. The van der Waals surface area contributed by atoms with E-state index in [1.807, 2.05) is 19.1 Å². The number of hydrogen-bond donors (Lipinski definition) is 2. The molecule has 1 fully saturated rings. The van der Waals surface area contributed by atoms with E-state index >= 15 is 0 Å². The molecule has 2 aromatic rings. The molecule has 30 heavy (non-hydrogen) atoms. The Morgan fingerprint density at radius 1 is 1.33 bits per heavy atom. The molecule has 0 aliphatic carbocycles. The van der Waals surface area contributed by atoms with Crippen LogP contribution in [0.4, 0.5) is 0 Å². The van der Waals surface area contributed by atoms with Gasteiger partial charge in [0.15, 0.2) is 5.82 Å². The number of aryl methyl sites for hydroxylation is 2. The van der Waals surface area contributed by atoms with Crippen LogP contribution < -0.4 is 15.4 Å². The van der Waals surface area contributed by atoms with Gasteiger partial charge in [0.05, 0.1) is 26.1 Å². The number of nitrogens with one attached hydrogen (secondary N) is 2. The number of carbonyl (C=O) groups excluding carboxylic acids is 2. The van der Waals surface area contributed by atoms with Crippen molar-refractivity contribution in [3.05, 3.63) is 41.0 Å². The summed E-state index contributed by atoms with van der Waals surface area (Å²) in [5, 5.41) is 14.1. The Hall–Kier alpha value is -2.94. The first-order valence-corrected chi connectivity index (χ1v) is 10.4. The topological polar surface area (TPSA) is 101 Å². The van der Waals surface area contributed by atoms with Crippen molar-refractivity contribution in [1.82, 2.24) is 30.3 Å². The molecule has 2 aliphatic heterocycles. The molecule has 0 saturated carbocycles. The van der Waals surface area contributed by atoms with Gasteiger partial charge in [0.2, 0.25) is 11.8 Å². The first-order valence-electron chi connectivity index (χ1n) is 10.4. The Morgan fingerprint density at radius 3 is 3.00 bits per heavy atom. The quantitative estimate of drug-likeness (QED) is 0.689. The highest BCUT2D eigenvalue weighted by Crippen LogP contribution is 2.21. The van der Waals surface area contributed by atoms with Gasteiger partial charge in [0, 0.05) is 32.6 Å². The summed E-state index contributed by atoms with van der Waals surface area (Å²) < 4.78 is 7.39. The maximum absolute atomic E-state index is 12.6. The van der Waals surface area contributed by atoms with Gasteiger partial charge in [-0.2, -0.15) is 0 Å². The minimum Gasteiger partial charge on any atom is -0.496 e. The van der Waals surface area contributed by atoms with E-state index in [9.17, 15) is 9.59 Å². The Balaban J connectivity index is 1.38. The Morgan fingerprint density at radius 2 is 2.20 bits per heavy atom. The molecule has 9 heteroatoms.